The molecule has 39 heavy (non-hydrogen) atoms. The molecule has 1 aliphatic carbocycles. The molecule has 1 fully saturated rings. The van der Waals surface area contributed by atoms with Crippen molar-refractivity contribution in [2.24, 2.45) is 11.0 Å². The fourth-order valence-corrected chi connectivity index (χ4v) is 5.38. The van der Waals surface area contributed by atoms with Crippen LogP contribution in [0.1, 0.15) is 67.1 Å². The highest BCUT2D eigenvalue weighted by atomic mass is 16.5. The first-order valence-corrected chi connectivity index (χ1v) is 13.6. The zero-order valence-electron chi connectivity index (χ0n) is 22.4. The zero-order chi connectivity index (χ0) is 27.2. The van der Waals surface area contributed by atoms with Gasteiger partial charge in [-0.25, -0.2) is 0 Å². The van der Waals surface area contributed by atoms with Gasteiger partial charge < -0.3 is 19.6 Å². The number of H-pyrrole nitrogens is 1. The molecule has 2 atom stereocenters. The fraction of sp³-hybridized carbons (Fsp3) is 0.400. The van der Waals surface area contributed by atoms with E-state index < -0.39 is 0 Å². The number of rotatable bonds is 10. The molecule has 0 bridgehead atoms. The summed E-state index contributed by atoms with van der Waals surface area (Å²) in [6.45, 7) is 2.56. The Morgan fingerprint density at radius 1 is 1.15 bits per heavy atom. The molecule has 2 N–H and O–H groups in total. The van der Waals surface area contributed by atoms with Crippen molar-refractivity contribution in [2.45, 2.75) is 64.1 Å². The van der Waals surface area contributed by atoms with Crippen molar-refractivity contribution in [3.05, 3.63) is 71.5 Å². The van der Waals surface area contributed by atoms with Crippen LogP contribution in [-0.4, -0.2) is 52.4 Å². The normalized spacial score (nSPS) is 19.4. The van der Waals surface area contributed by atoms with Crippen molar-refractivity contribution in [2.75, 3.05) is 12.4 Å². The minimum absolute atomic E-state index is 0.143. The molecule has 0 saturated heterocycles. The van der Waals surface area contributed by atoms with Gasteiger partial charge in [-0.05, 0) is 80.5 Å². The number of anilines is 1. The number of methoxy groups -OCH3 is 1. The Morgan fingerprint density at radius 3 is 2.72 bits per heavy atom. The van der Waals surface area contributed by atoms with E-state index in [9.17, 15) is 9.59 Å². The maximum absolute atomic E-state index is 12.4. The summed E-state index contributed by atoms with van der Waals surface area (Å²) in [7, 11) is 1.66. The van der Waals surface area contributed by atoms with Crippen molar-refractivity contribution < 1.29 is 19.1 Å². The van der Waals surface area contributed by atoms with Crippen LogP contribution < -0.4 is 14.8 Å². The lowest BCUT2D eigenvalue weighted by molar-refractivity contribution is -0.113. The van der Waals surface area contributed by atoms with E-state index in [1.807, 2.05) is 47.5 Å². The van der Waals surface area contributed by atoms with Gasteiger partial charge in [0.2, 0.25) is 0 Å². The number of benzene rings is 2. The number of aromatic nitrogens is 2. The van der Waals surface area contributed by atoms with Gasteiger partial charge in [0, 0.05) is 23.4 Å². The Labute approximate surface area is 228 Å². The third-order valence-electron chi connectivity index (χ3n) is 7.51. The lowest BCUT2D eigenvalue weighted by Gasteiger charge is -2.35. The highest BCUT2D eigenvalue weighted by molar-refractivity contribution is 6.03. The highest BCUT2D eigenvalue weighted by Gasteiger charge is 2.31. The number of aromatic amines is 1. The van der Waals surface area contributed by atoms with Crippen LogP contribution in [0, 0.1) is 5.92 Å². The van der Waals surface area contributed by atoms with E-state index in [2.05, 4.69) is 22.4 Å². The van der Waals surface area contributed by atoms with Crippen LogP contribution in [0.2, 0.25) is 0 Å². The van der Waals surface area contributed by atoms with Gasteiger partial charge in [0.05, 0.1) is 25.5 Å². The van der Waals surface area contributed by atoms with Crippen LogP contribution in [0.4, 0.5) is 5.69 Å². The summed E-state index contributed by atoms with van der Waals surface area (Å²) in [6.07, 6.45) is 8.77. The number of aldehydes is 1. The van der Waals surface area contributed by atoms with Crippen molar-refractivity contribution in [1.82, 2.24) is 15.2 Å². The predicted octanol–water partition coefficient (Wildman–Crippen LogP) is 5.20. The molecule has 0 radical (unpaired) electrons. The average Bonchev–Trinajstić information content (AvgIpc) is 3.68. The maximum Gasteiger partial charge on any atom is 0.273 e. The van der Waals surface area contributed by atoms with Gasteiger partial charge in [-0.3, -0.25) is 14.9 Å². The molecule has 3 aromatic rings. The van der Waals surface area contributed by atoms with Crippen LogP contribution in [0.3, 0.4) is 0 Å². The Balaban J connectivity index is 1.40. The molecule has 1 aliphatic heterocycles. The molecular weight excluding hydrogens is 494 g/mol. The van der Waals surface area contributed by atoms with E-state index in [1.54, 1.807) is 13.2 Å². The van der Waals surface area contributed by atoms with Crippen molar-refractivity contribution >= 4 is 23.6 Å². The minimum Gasteiger partial charge on any atom is -0.493 e. The number of hydrogen-bond donors (Lipinski definition) is 2. The van der Waals surface area contributed by atoms with Gasteiger partial charge >= 0.3 is 0 Å². The van der Waals surface area contributed by atoms with E-state index in [0.29, 0.717) is 30.1 Å². The topological polar surface area (TPSA) is 109 Å². The van der Waals surface area contributed by atoms with Gasteiger partial charge in [0.15, 0.2) is 11.5 Å². The molecule has 9 heteroatoms. The van der Waals surface area contributed by atoms with Crippen LogP contribution >= 0.6 is 0 Å². The van der Waals surface area contributed by atoms with Crippen molar-refractivity contribution in [1.29, 1.82) is 0 Å². The largest absolute Gasteiger partial charge is 0.493 e. The average molecular weight is 530 g/mol. The molecule has 0 spiro atoms. The van der Waals surface area contributed by atoms with Crippen LogP contribution in [0.5, 0.6) is 11.5 Å². The number of carbonyl (C=O) groups is 2. The highest BCUT2D eigenvalue weighted by Crippen LogP contribution is 2.35. The zero-order valence-corrected chi connectivity index (χ0v) is 22.4. The second-order valence-electron chi connectivity index (χ2n) is 10.1. The molecule has 2 aromatic carbocycles. The Hall–Kier alpha value is -4.14. The summed E-state index contributed by atoms with van der Waals surface area (Å²) in [4.78, 5) is 24.6. The Kier molecular flexibility index (Phi) is 8.24. The summed E-state index contributed by atoms with van der Waals surface area (Å²) >= 11 is 0. The van der Waals surface area contributed by atoms with E-state index in [0.717, 1.165) is 48.1 Å². The molecule has 1 amide bonds. The number of hydrogen-bond acceptors (Lipinski definition) is 7. The van der Waals surface area contributed by atoms with Gasteiger partial charge in [-0.15, -0.1) is 0 Å². The minimum atomic E-state index is -0.339. The van der Waals surface area contributed by atoms with E-state index >= 15 is 0 Å². The quantitative estimate of drug-likeness (QED) is 0.350. The van der Waals surface area contributed by atoms with E-state index in [1.165, 1.54) is 19.0 Å². The second-order valence-corrected chi connectivity index (χ2v) is 10.1. The van der Waals surface area contributed by atoms with Gasteiger partial charge in [-0.2, -0.15) is 10.2 Å². The fourth-order valence-electron chi connectivity index (χ4n) is 5.38. The number of ether oxygens (including phenoxy) is 2. The SMILES string of the molecule is CCC1CC(C=O)N(Cc2cccc(NC(=O)c3ccn[nH]3)c2)N=C1c1ccc(OC)c(OC2CCCC2)c1. The molecule has 5 rings (SSSR count). The van der Waals surface area contributed by atoms with Crippen molar-refractivity contribution in [3.8, 4) is 11.5 Å². The molecule has 1 saturated carbocycles. The molecule has 1 aromatic heterocycles. The summed E-state index contributed by atoms with van der Waals surface area (Å²) in [5.41, 5.74) is 3.89. The Morgan fingerprint density at radius 2 is 2.00 bits per heavy atom. The summed E-state index contributed by atoms with van der Waals surface area (Å²) in [6, 6.07) is 14.9. The van der Waals surface area contributed by atoms with Gasteiger partial charge in [0.25, 0.3) is 5.91 Å². The van der Waals surface area contributed by atoms with Crippen LogP contribution in [0.15, 0.2) is 59.8 Å². The molecule has 2 unspecified atom stereocenters. The third-order valence-corrected chi connectivity index (χ3v) is 7.51. The Bertz CT molecular complexity index is 1320. The number of nitrogens with zero attached hydrogens (tertiary/aromatic N) is 3. The molecule has 9 nitrogen and oxygen atoms in total. The van der Waals surface area contributed by atoms with Crippen LogP contribution in [0.25, 0.3) is 0 Å². The standard InChI is InChI=1S/C30H35N5O4/c1-3-21-16-24(19-36)35(18-20-7-6-8-23(15-20)32-30(37)26-13-14-31-33-26)34-29(21)22-11-12-27(38-2)28(17-22)39-25-9-4-5-10-25/h6-8,11-15,17,19,21,24-25H,3-5,9-10,16,18H2,1-2H3,(H,31,33)(H,32,37). The lowest BCUT2D eigenvalue weighted by atomic mass is 9.87. The first-order valence-electron chi connectivity index (χ1n) is 13.6. The van der Waals surface area contributed by atoms with Gasteiger partial charge in [0.1, 0.15) is 18.0 Å². The summed E-state index contributed by atoms with van der Waals surface area (Å²) in [5, 5.41) is 16.3. The van der Waals surface area contributed by atoms with Crippen LogP contribution in [-0.2, 0) is 11.3 Å². The molecular formula is C30H35N5O4. The predicted molar refractivity (Wildman–Crippen MR) is 149 cm³/mol. The first kappa shape index (κ1) is 26.5. The maximum atomic E-state index is 12.4. The molecule has 204 valence electrons. The van der Waals surface area contributed by atoms with E-state index in [-0.39, 0.29) is 24.0 Å². The van der Waals surface area contributed by atoms with Crippen molar-refractivity contribution in [3.63, 3.8) is 0 Å². The summed E-state index contributed by atoms with van der Waals surface area (Å²) < 4.78 is 11.9. The van der Waals surface area contributed by atoms with E-state index in [4.69, 9.17) is 14.6 Å². The first-order chi connectivity index (χ1) is 19.1. The number of carbonyl (C=O) groups excluding carboxylic acids is 2. The number of nitrogens with one attached hydrogen (secondary N) is 2. The smallest absolute Gasteiger partial charge is 0.273 e. The third kappa shape index (κ3) is 6.13. The monoisotopic (exact) mass is 529 g/mol. The summed E-state index contributed by atoms with van der Waals surface area (Å²) in [5.74, 6) is 1.33. The second kappa shape index (κ2) is 12.1. The molecule has 2 heterocycles. The van der Waals surface area contributed by atoms with Gasteiger partial charge in [-0.1, -0.05) is 19.1 Å². The number of hydrazone groups is 1. The number of amides is 1. The lowest BCUT2D eigenvalue weighted by Crippen LogP contribution is -2.41. The molecule has 2 aliphatic rings.